The SMILES string of the molecule is O=C(O)C(=O)OC(=O)C(=O)OCC1OC(Oc2cc3c(O)cc(=O)cc-3oc2-c2ccc(O)c(O)c2)C(O)C(O)C1O. The van der Waals surface area contributed by atoms with E-state index >= 15 is 0 Å². The molecule has 4 rings (SSSR count). The number of aromatic hydroxyl groups is 3. The largest absolute Gasteiger partial charge is 0.507 e. The van der Waals surface area contributed by atoms with Gasteiger partial charge in [0.1, 0.15) is 42.5 Å². The van der Waals surface area contributed by atoms with Crippen LogP contribution in [0.1, 0.15) is 0 Å². The molecular formula is C25H20O17. The number of ether oxygens (including phenoxy) is 4. The normalized spacial score (nSPS) is 21.8. The van der Waals surface area contributed by atoms with Crippen LogP contribution in [0.25, 0.3) is 22.6 Å². The van der Waals surface area contributed by atoms with Crippen molar-refractivity contribution in [3.63, 3.8) is 0 Å². The Labute approximate surface area is 232 Å². The number of hydrogen-bond donors (Lipinski definition) is 7. The van der Waals surface area contributed by atoms with E-state index in [0.29, 0.717) is 0 Å². The maximum atomic E-state index is 11.9. The average Bonchev–Trinajstić information content (AvgIpc) is 2.93. The van der Waals surface area contributed by atoms with Crippen LogP contribution in [0, 0.1) is 0 Å². The second-order valence-corrected chi connectivity index (χ2v) is 8.71. The van der Waals surface area contributed by atoms with Crippen molar-refractivity contribution in [2.45, 2.75) is 30.7 Å². The van der Waals surface area contributed by atoms with Gasteiger partial charge >= 0.3 is 23.9 Å². The summed E-state index contributed by atoms with van der Waals surface area (Å²) in [4.78, 5) is 56.6. The lowest BCUT2D eigenvalue weighted by atomic mass is 9.99. The van der Waals surface area contributed by atoms with Gasteiger partial charge in [-0.2, -0.15) is 0 Å². The summed E-state index contributed by atoms with van der Waals surface area (Å²) in [5.41, 5.74) is -0.612. The molecule has 222 valence electrons. The molecule has 1 aromatic rings. The fraction of sp³-hybridized carbons (Fsp3) is 0.240. The third-order valence-electron chi connectivity index (χ3n) is 5.86. The van der Waals surface area contributed by atoms with Gasteiger partial charge in [-0.3, -0.25) is 4.79 Å². The molecule has 3 aliphatic rings. The maximum absolute atomic E-state index is 11.9. The molecule has 17 heteroatoms. The summed E-state index contributed by atoms with van der Waals surface area (Å²) in [7, 11) is 0. The van der Waals surface area contributed by atoms with Crippen LogP contribution in [-0.2, 0) is 33.4 Å². The molecule has 5 unspecified atom stereocenters. The molecule has 1 aromatic carbocycles. The van der Waals surface area contributed by atoms with Crippen molar-refractivity contribution in [2.75, 3.05) is 6.61 Å². The quantitative estimate of drug-likeness (QED) is 0.0761. The third-order valence-corrected chi connectivity index (χ3v) is 5.86. The molecule has 42 heavy (non-hydrogen) atoms. The fourth-order valence-electron chi connectivity index (χ4n) is 3.79. The van der Waals surface area contributed by atoms with E-state index in [9.17, 15) is 54.6 Å². The summed E-state index contributed by atoms with van der Waals surface area (Å²) in [5, 5.41) is 69.5. The molecule has 2 heterocycles. The predicted octanol–water partition coefficient (Wildman–Crippen LogP) is -1.59. The molecule has 0 amide bonds. The number of phenols is 3. The van der Waals surface area contributed by atoms with Gasteiger partial charge in [0, 0.05) is 17.7 Å². The Morgan fingerprint density at radius 3 is 2.19 bits per heavy atom. The molecule has 0 saturated carbocycles. The number of carboxylic acid groups (broad SMARTS) is 1. The molecule has 1 saturated heterocycles. The Morgan fingerprint density at radius 1 is 0.810 bits per heavy atom. The number of esters is 3. The Bertz CT molecular complexity index is 1580. The van der Waals surface area contributed by atoms with E-state index in [1.165, 1.54) is 6.07 Å². The minimum Gasteiger partial charge on any atom is -0.507 e. The highest BCUT2D eigenvalue weighted by Gasteiger charge is 2.46. The van der Waals surface area contributed by atoms with Crippen LogP contribution < -0.4 is 10.2 Å². The van der Waals surface area contributed by atoms with Crippen LogP contribution in [-0.4, -0.2) is 96.9 Å². The molecular weight excluding hydrogens is 572 g/mol. The summed E-state index contributed by atoms with van der Waals surface area (Å²) < 4.78 is 25.1. The van der Waals surface area contributed by atoms with Crippen LogP contribution in [0.5, 0.6) is 23.0 Å². The Balaban J connectivity index is 1.63. The number of carbonyl (C=O) groups excluding carboxylic acids is 3. The number of aliphatic hydroxyl groups is 3. The number of phenolic OH excluding ortho intramolecular Hbond substituents is 3. The summed E-state index contributed by atoms with van der Waals surface area (Å²) in [5.74, 6) is -10.3. The lowest BCUT2D eigenvalue weighted by Gasteiger charge is -2.40. The van der Waals surface area contributed by atoms with Crippen molar-refractivity contribution in [3.05, 3.63) is 46.6 Å². The maximum Gasteiger partial charge on any atom is 0.425 e. The van der Waals surface area contributed by atoms with Crippen LogP contribution >= 0.6 is 0 Å². The number of aliphatic hydroxyl groups excluding tert-OH is 3. The predicted molar refractivity (Wildman–Crippen MR) is 129 cm³/mol. The molecule has 7 N–H and O–H groups in total. The van der Waals surface area contributed by atoms with Crippen molar-refractivity contribution in [1.82, 2.24) is 0 Å². The number of carboxylic acids is 1. The zero-order valence-corrected chi connectivity index (χ0v) is 20.8. The first kappa shape index (κ1) is 29.7. The van der Waals surface area contributed by atoms with Gasteiger partial charge in [-0.05, 0) is 24.3 Å². The molecule has 0 bridgehead atoms. The van der Waals surface area contributed by atoms with Crippen LogP contribution in [0.15, 0.2) is 45.6 Å². The van der Waals surface area contributed by atoms with Crippen molar-refractivity contribution in [3.8, 4) is 45.6 Å². The summed E-state index contributed by atoms with van der Waals surface area (Å²) >= 11 is 0. The smallest absolute Gasteiger partial charge is 0.425 e. The Morgan fingerprint density at radius 2 is 1.52 bits per heavy atom. The summed E-state index contributed by atoms with van der Waals surface area (Å²) in [6, 6.07) is 6.50. The van der Waals surface area contributed by atoms with Crippen molar-refractivity contribution >= 4 is 23.9 Å². The summed E-state index contributed by atoms with van der Waals surface area (Å²) in [6.07, 6.45) is -9.46. The van der Waals surface area contributed by atoms with Crippen molar-refractivity contribution in [2.24, 2.45) is 0 Å². The van der Waals surface area contributed by atoms with Gasteiger partial charge in [-0.25, -0.2) is 19.2 Å². The van der Waals surface area contributed by atoms with Crippen LogP contribution in [0.4, 0.5) is 0 Å². The van der Waals surface area contributed by atoms with Gasteiger partial charge in [-0.1, -0.05) is 0 Å². The zero-order valence-electron chi connectivity index (χ0n) is 20.8. The zero-order chi connectivity index (χ0) is 30.9. The van der Waals surface area contributed by atoms with Gasteiger partial charge in [0.05, 0.1) is 5.56 Å². The fourth-order valence-corrected chi connectivity index (χ4v) is 3.79. The molecule has 0 radical (unpaired) electrons. The number of carbonyl (C=O) groups is 4. The third kappa shape index (κ3) is 6.08. The highest BCUT2D eigenvalue weighted by atomic mass is 16.7. The lowest BCUT2D eigenvalue weighted by Crippen LogP contribution is -2.60. The van der Waals surface area contributed by atoms with Gasteiger partial charge in [0.15, 0.2) is 28.4 Å². The first-order valence-corrected chi connectivity index (χ1v) is 11.6. The second-order valence-electron chi connectivity index (χ2n) is 8.71. The minimum atomic E-state index is -2.16. The highest BCUT2D eigenvalue weighted by Crippen LogP contribution is 2.43. The Kier molecular flexibility index (Phi) is 8.29. The second kappa shape index (κ2) is 11.7. The lowest BCUT2D eigenvalue weighted by molar-refractivity contribution is -0.278. The number of benzene rings is 2. The van der Waals surface area contributed by atoms with E-state index in [0.717, 1.165) is 30.3 Å². The number of aliphatic carboxylic acids is 1. The van der Waals surface area contributed by atoms with Gasteiger partial charge < -0.3 is 59.1 Å². The topological polar surface area (TPSA) is 277 Å². The van der Waals surface area contributed by atoms with E-state index in [-0.39, 0.29) is 28.4 Å². The average molecular weight is 592 g/mol. The monoisotopic (exact) mass is 592 g/mol. The van der Waals surface area contributed by atoms with Crippen molar-refractivity contribution in [1.29, 1.82) is 0 Å². The molecule has 1 aliphatic carbocycles. The van der Waals surface area contributed by atoms with E-state index in [2.05, 4.69) is 9.47 Å². The first-order valence-electron chi connectivity index (χ1n) is 11.6. The van der Waals surface area contributed by atoms with Gasteiger partial charge in [0.25, 0.3) is 0 Å². The van der Waals surface area contributed by atoms with E-state index in [1.807, 2.05) is 0 Å². The first-order chi connectivity index (χ1) is 19.8. The van der Waals surface area contributed by atoms with E-state index in [1.54, 1.807) is 0 Å². The molecule has 1 fully saturated rings. The van der Waals surface area contributed by atoms with E-state index in [4.69, 9.17) is 19.0 Å². The molecule has 5 atom stereocenters. The summed E-state index contributed by atoms with van der Waals surface area (Å²) in [6.45, 7) is -0.992. The highest BCUT2D eigenvalue weighted by molar-refractivity contribution is 6.38. The van der Waals surface area contributed by atoms with Crippen molar-refractivity contribution < 1.29 is 78.3 Å². The minimum absolute atomic E-state index is 0.0536. The van der Waals surface area contributed by atoms with Gasteiger partial charge in [-0.15, -0.1) is 0 Å². The Hall–Kier alpha value is -5.23. The molecule has 17 nitrogen and oxygen atoms in total. The number of fused-ring (bicyclic) bond motifs is 1. The number of hydrogen-bond acceptors (Lipinski definition) is 16. The van der Waals surface area contributed by atoms with Gasteiger partial charge in [0.2, 0.25) is 6.29 Å². The molecule has 2 aliphatic heterocycles. The van der Waals surface area contributed by atoms with Crippen LogP contribution in [0.2, 0.25) is 0 Å². The molecule has 0 aromatic heterocycles. The van der Waals surface area contributed by atoms with E-state index < -0.39 is 83.9 Å². The standard InChI is InChI=1S/C25H20O17/c26-9-4-12(28)10-6-15(20(39-14(10)5-9)8-1-2-11(27)13(29)3-8)40-25-19(32)18(31)17(30)16(41-25)7-38-23(36)24(37)42-22(35)21(33)34/h1-6,16-19,25,27-32H,7H2,(H,33,34). The molecule has 0 spiro atoms. The van der Waals surface area contributed by atoms with Crippen LogP contribution in [0.3, 0.4) is 0 Å². The number of rotatable bonds is 5.